The summed E-state index contributed by atoms with van der Waals surface area (Å²) < 4.78 is 0. The lowest BCUT2D eigenvalue weighted by Crippen LogP contribution is -2.20. The fourth-order valence-corrected chi connectivity index (χ4v) is 3.23. The molecule has 0 saturated carbocycles. The average Bonchev–Trinajstić information content (AvgIpc) is 3.10. The maximum absolute atomic E-state index is 12.5. The summed E-state index contributed by atoms with van der Waals surface area (Å²) in [6.07, 6.45) is 1.98. The molecule has 0 aromatic heterocycles. The summed E-state index contributed by atoms with van der Waals surface area (Å²) >= 11 is 6.19. The second kappa shape index (κ2) is 7.11. The second-order valence-corrected chi connectivity index (χ2v) is 6.45. The number of amides is 1. The number of aryl methyl sites for hydroxylation is 1. The number of nitro groups is 1. The lowest BCUT2D eigenvalue weighted by atomic mass is 10.1. The molecule has 2 aromatic carbocycles. The van der Waals surface area contributed by atoms with Crippen LogP contribution in [0, 0.1) is 17.0 Å². The number of nitrogens with one attached hydrogen (secondary N) is 1. The van der Waals surface area contributed by atoms with Crippen LogP contribution in [0.3, 0.4) is 0 Å². The van der Waals surface area contributed by atoms with Crippen molar-refractivity contribution >= 4 is 34.6 Å². The summed E-state index contributed by atoms with van der Waals surface area (Å²) in [6, 6.07) is 10.1. The van der Waals surface area contributed by atoms with E-state index in [2.05, 4.69) is 5.32 Å². The maximum Gasteiger partial charge on any atom is 0.294 e. The van der Waals surface area contributed by atoms with Gasteiger partial charge in [-0.05, 0) is 37.5 Å². The number of nitro benzene ring substituents is 1. The number of carbonyl (C=O) groups excluding carboxylic acids is 1. The van der Waals surface area contributed by atoms with Gasteiger partial charge in [-0.2, -0.15) is 0 Å². The molecule has 0 aliphatic carbocycles. The molecule has 1 N–H and O–H groups in total. The minimum absolute atomic E-state index is 0.0409. The molecule has 1 saturated heterocycles. The molecule has 1 aliphatic heterocycles. The molecule has 3 rings (SSSR count). The Bertz CT molecular complexity index is 832. The van der Waals surface area contributed by atoms with Gasteiger partial charge in [0.1, 0.15) is 5.69 Å². The van der Waals surface area contributed by atoms with E-state index >= 15 is 0 Å². The Morgan fingerprint density at radius 3 is 2.56 bits per heavy atom. The lowest BCUT2D eigenvalue weighted by Gasteiger charge is -2.19. The number of anilines is 2. The first-order chi connectivity index (χ1) is 12.0. The summed E-state index contributed by atoms with van der Waals surface area (Å²) in [6.45, 7) is 3.36. The lowest BCUT2D eigenvalue weighted by molar-refractivity contribution is -0.384. The number of hydrogen-bond acceptors (Lipinski definition) is 4. The van der Waals surface area contributed by atoms with Gasteiger partial charge in [-0.15, -0.1) is 0 Å². The van der Waals surface area contributed by atoms with Gasteiger partial charge < -0.3 is 10.2 Å². The van der Waals surface area contributed by atoms with Gasteiger partial charge >= 0.3 is 0 Å². The van der Waals surface area contributed by atoms with E-state index < -0.39 is 4.92 Å². The van der Waals surface area contributed by atoms with E-state index in [1.807, 2.05) is 24.0 Å². The summed E-state index contributed by atoms with van der Waals surface area (Å²) in [7, 11) is 0. The third kappa shape index (κ3) is 3.58. The van der Waals surface area contributed by atoms with Crippen molar-refractivity contribution in [1.29, 1.82) is 0 Å². The van der Waals surface area contributed by atoms with Crippen molar-refractivity contribution in [2.24, 2.45) is 0 Å². The molecule has 1 aliphatic rings. The van der Waals surface area contributed by atoms with Crippen molar-refractivity contribution in [3.8, 4) is 0 Å². The highest BCUT2D eigenvalue weighted by Gasteiger charge is 2.25. The Morgan fingerprint density at radius 2 is 1.92 bits per heavy atom. The molecule has 0 radical (unpaired) electrons. The van der Waals surface area contributed by atoms with Crippen molar-refractivity contribution in [1.82, 2.24) is 0 Å². The van der Waals surface area contributed by atoms with Crippen LogP contribution in [-0.2, 0) is 0 Å². The Morgan fingerprint density at radius 1 is 1.24 bits per heavy atom. The average molecular weight is 360 g/mol. The Hall–Kier alpha value is -2.60. The van der Waals surface area contributed by atoms with Crippen molar-refractivity contribution < 1.29 is 9.72 Å². The number of rotatable bonds is 4. The van der Waals surface area contributed by atoms with E-state index in [0.717, 1.165) is 31.5 Å². The highest BCUT2D eigenvalue weighted by Crippen LogP contribution is 2.38. The van der Waals surface area contributed by atoms with Gasteiger partial charge in [0, 0.05) is 24.7 Å². The molecule has 1 amide bonds. The first-order valence-corrected chi connectivity index (χ1v) is 8.45. The zero-order chi connectivity index (χ0) is 18.0. The molecule has 130 valence electrons. The number of halogens is 1. The maximum atomic E-state index is 12.5. The fourth-order valence-electron chi connectivity index (χ4n) is 3.02. The molecule has 1 fully saturated rings. The van der Waals surface area contributed by atoms with Crippen molar-refractivity contribution in [2.45, 2.75) is 19.8 Å². The van der Waals surface area contributed by atoms with Crippen LogP contribution in [0.25, 0.3) is 0 Å². The van der Waals surface area contributed by atoms with Crippen LogP contribution in [-0.4, -0.2) is 23.9 Å². The molecule has 0 atom stereocenters. The first-order valence-electron chi connectivity index (χ1n) is 8.07. The van der Waals surface area contributed by atoms with E-state index in [4.69, 9.17) is 11.6 Å². The molecule has 7 heteroatoms. The normalized spacial score (nSPS) is 13.8. The van der Waals surface area contributed by atoms with Crippen LogP contribution in [0.2, 0.25) is 5.02 Å². The van der Waals surface area contributed by atoms with E-state index in [-0.39, 0.29) is 16.6 Å². The van der Waals surface area contributed by atoms with Crippen LogP contribution < -0.4 is 10.2 Å². The third-order valence-corrected chi connectivity index (χ3v) is 4.66. The largest absolute Gasteiger partial charge is 0.366 e. The van der Waals surface area contributed by atoms with E-state index in [9.17, 15) is 14.9 Å². The van der Waals surface area contributed by atoms with E-state index in [1.54, 1.807) is 18.2 Å². The highest BCUT2D eigenvalue weighted by molar-refractivity contribution is 6.34. The van der Waals surface area contributed by atoms with Crippen LogP contribution in [0.15, 0.2) is 36.4 Å². The molecule has 1 heterocycles. The Balaban J connectivity index is 1.96. The van der Waals surface area contributed by atoms with Crippen LogP contribution in [0.1, 0.15) is 28.8 Å². The van der Waals surface area contributed by atoms with Crippen LogP contribution in [0.5, 0.6) is 0 Å². The second-order valence-electron chi connectivity index (χ2n) is 6.04. The number of benzene rings is 2. The molecular formula is C18H18ClN3O3. The number of hydrogen-bond donors (Lipinski definition) is 1. The molecule has 0 unspecified atom stereocenters. The Kier molecular flexibility index (Phi) is 4.90. The SMILES string of the molecule is Cc1ccccc1C(=O)Nc1cc(N2CCCC2)c([N+](=O)[O-])cc1Cl. The minimum atomic E-state index is -0.438. The molecule has 0 bridgehead atoms. The van der Waals surface area contributed by atoms with Gasteiger partial charge in [0.05, 0.1) is 15.6 Å². The number of carbonyl (C=O) groups is 1. The zero-order valence-corrected chi connectivity index (χ0v) is 14.5. The summed E-state index contributed by atoms with van der Waals surface area (Å²) in [5.41, 5.74) is 2.22. The minimum Gasteiger partial charge on any atom is -0.366 e. The highest BCUT2D eigenvalue weighted by atomic mass is 35.5. The van der Waals surface area contributed by atoms with Crippen molar-refractivity contribution in [3.05, 3.63) is 62.7 Å². The van der Waals surface area contributed by atoms with Gasteiger partial charge in [-0.1, -0.05) is 29.8 Å². The van der Waals surface area contributed by atoms with Crippen LogP contribution in [0.4, 0.5) is 17.1 Å². The quantitative estimate of drug-likeness (QED) is 0.648. The predicted octanol–water partition coefficient (Wildman–Crippen LogP) is 4.41. The first kappa shape index (κ1) is 17.2. The smallest absolute Gasteiger partial charge is 0.294 e. The Labute approximate surface area is 150 Å². The van der Waals surface area contributed by atoms with Crippen LogP contribution >= 0.6 is 11.6 Å². The number of nitrogens with zero attached hydrogens (tertiary/aromatic N) is 2. The topological polar surface area (TPSA) is 75.5 Å². The van der Waals surface area contributed by atoms with Gasteiger partial charge in [0.15, 0.2) is 0 Å². The third-order valence-electron chi connectivity index (χ3n) is 4.35. The molecule has 0 spiro atoms. The van der Waals surface area contributed by atoms with Crippen molar-refractivity contribution in [2.75, 3.05) is 23.3 Å². The zero-order valence-electron chi connectivity index (χ0n) is 13.8. The fraction of sp³-hybridized carbons (Fsp3) is 0.278. The van der Waals surface area contributed by atoms with E-state index in [0.29, 0.717) is 16.9 Å². The van der Waals surface area contributed by atoms with Gasteiger partial charge in [-0.25, -0.2) is 0 Å². The monoisotopic (exact) mass is 359 g/mol. The standard InChI is InChI=1S/C18H18ClN3O3/c1-12-6-2-3-7-13(12)18(23)20-15-11-16(21-8-4-5-9-21)17(22(24)25)10-14(15)19/h2-3,6-7,10-11H,4-5,8-9H2,1H3,(H,20,23). The molecule has 6 nitrogen and oxygen atoms in total. The molecular weight excluding hydrogens is 342 g/mol. The predicted molar refractivity (Wildman–Crippen MR) is 98.7 cm³/mol. The summed E-state index contributed by atoms with van der Waals surface area (Å²) in [5.74, 6) is -0.291. The molecule has 2 aromatic rings. The summed E-state index contributed by atoms with van der Waals surface area (Å²) in [4.78, 5) is 25.4. The van der Waals surface area contributed by atoms with Gasteiger partial charge in [0.25, 0.3) is 11.6 Å². The van der Waals surface area contributed by atoms with Gasteiger partial charge in [-0.3, -0.25) is 14.9 Å². The molecule has 25 heavy (non-hydrogen) atoms. The summed E-state index contributed by atoms with van der Waals surface area (Å²) in [5, 5.41) is 14.3. The van der Waals surface area contributed by atoms with E-state index in [1.165, 1.54) is 6.07 Å². The van der Waals surface area contributed by atoms with Gasteiger partial charge in [0.2, 0.25) is 0 Å². The van der Waals surface area contributed by atoms with Crippen molar-refractivity contribution in [3.63, 3.8) is 0 Å².